The van der Waals surface area contributed by atoms with Gasteiger partial charge in [-0.1, -0.05) is 11.8 Å². The van der Waals surface area contributed by atoms with Crippen LogP contribution < -0.4 is 10.6 Å². The molecule has 1 aromatic rings. The maximum absolute atomic E-state index is 4.54. The molecule has 18 heavy (non-hydrogen) atoms. The maximum atomic E-state index is 4.54. The van der Waals surface area contributed by atoms with Crippen LogP contribution in [0, 0.1) is 0 Å². The summed E-state index contributed by atoms with van der Waals surface area (Å²) < 4.78 is 1.14. The van der Waals surface area contributed by atoms with Crippen LogP contribution >= 0.6 is 23.1 Å². The standard InChI is InChI=1S/C12H22N4S2/c1-4-13-11(16-10(2)3)14-6-5-8-17-12-15-7-9-18-12/h7,9-10H,4-6,8H2,1-3H3,(H2,13,14,16). The average Bonchev–Trinajstić information content (AvgIpc) is 2.81. The second-order valence-electron chi connectivity index (χ2n) is 4.06. The normalized spacial score (nSPS) is 11.9. The average molecular weight is 286 g/mol. The zero-order valence-electron chi connectivity index (χ0n) is 11.3. The fourth-order valence-electron chi connectivity index (χ4n) is 1.29. The van der Waals surface area contributed by atoms with E-state index in [9.17, 15) is 0 Å². The molecule has 0 aliphatic rings. The van der Waals surface area contributed by atoms with Gasteiger partial charge < -0.3 is 10.6 Å². The molecule has 1 aromatic heterocycles. The fourth-order valence-corrected chi connectivity index (χ4v) is 2.92. The van der Waals surface area contributed by atoms with Gasteiger partial charge in [0.1, 0.15) is 4.34 Å². The molecule has 0 fully saturated rings. The third kappa shape index (κ3) is 6.86. The zero-order chi connectivity index (χ0) is 13.2. The Morgan fingerprint density at radius 1 is 1.56 bits per heavy atom. The highest BCUT2D eigenvalue weighted by Crippen LogP contribution is 2.20. The van der Waals surface area contributed by atoms with E-state index in [4.69, 9.17) is 0 Å². The Morgan fingerprint density at radius 2 is 2.39 bits per heavy atom. The quantitative estimate of drug-likeness (QED) is 0.350. The number of hydrogen-bond acceptors (Lipinski definition) is 4. The fraction of sp³-hybridized carbons (Fsp3) is 0.667. The van der Waals surface area contributed by atoms with Crippen molar-refractivity contribution in [3.8, 4) is 0 Å². The maximum Gasteiger partial charge on any atom is 0.191 e. The van der Waals surface area contributed by atoms with E-state index >= 15 is 0 Å². The van der Waals surface area contributed by atoms with Crippen molar-refractivity contribution < 1.29 is 0 Å². The lowest BCUT2D eigenvalue weighted by Crippen LogP contribution is -2.41. The SMILES string of the molecule is CCNC(=NCCCSc1nccs1)NC(C)C. The van der Waals surface area contributed by atoms with Gasteiger partial charge in [-0.3, -0.25) is 4.99 Å². The van der Waals surface area contributed by atoms with Gasteiger partial charge in [-0.2, -0.15) is 0 Å². The first-order chi connectivity index (χ1) is 8.72. The summed E-state index contributed by atoms with van der Waals surface area (Å²) in [6.07, 6.45) is 2.92. The molecule has 102 valence electrons. The molecular weight excluding hydrogens is 264 g/mol. The lowest BCUT2D eigenvalue weighted by atomic mass is 10.4. The Hall–Kier alpha value is -0.750. The van der Waals surface area contributed by atoms with Crippen LogP contribution in [-0.2, 0) is 0 Å². The Bertz CT molecular complexity index is 336. The monoisotopic (exact) mass is 286 g/mol. The number of guanidine groups is 1. The van der Waals surface area contributed by atoms with E-state index in [-0.39, 0.29) is 0 Å². The predicted octanol–water partition coefficient (Wildman–Crippen LogP) is 2.59. The third-order valence-electron chi connectivity index (χ3n) is 1.98. The lowest BCUT2D eigenvalue weighted by molar-refractivity contribution is 0.699. The highest BCUT2D eigenvalue weighted by atomic mass is 32.2. The van der Waals surface area contributed by atoms with Crippen molar-refractivity contribution in [2.45, 2.75) is 37.6 Å². The van der Waals surface area contributed by atoms with Crippen molar-refractivity contribution in [2.75, 3.05) is 18.8 Å². The summed E-state index contributed by atoms with van der Waals surface area (Å²) in [6, 6.07) is 0.410. The number of aliphatic imine (C=N–C) groups is 1. The highest BCUT2D eigenvalue weighted by molar-refractivity contribution is 8.00. The van der Waals surface area contributed by atoms with Crippen molar-refractivity contribution in [1.82, 2.24) is 15.6 Å². The smallest absolute Gasteiger partial charge is 0.191 e. The van der Waals surface area contributed by atoms with Crippen LogP contribution in [0.15, 0.2) is 20.9 Å². The molecule has 0 spiro atoms. The summed E-state index contributed by atoms with van der Waals surface area (Å²) in [7, 11) is 0. The molecule has 0 aliphatic carbocycles. The summed E-state index contributed by atoms with van der Waals surface area (Å²) in [4.78, 5) is 8.78. The Labute approximate surface area is 118 Å². The van der Waals surface area contributed by atoms with Crippen LogP contribution in [0.4, 0.5) is 0 Å². The highest BCUT2D eigenvalue weighted by Gasteiger charge is 1.99. The number of thiazole rings is 1. The molecule has 0 radical (unpaired) electrons. The van der Waals surface area contributed by atoms with E-state index in [1.165, 1.54) is 0 Å². The number of rotatable bonds is 7. The molecule has 2 N–H and O–H groups in total. The largest absolute Gasteiger partial charge is 0.357 e. The van der Waals surface area contributed by atoms with Crippen molar-refractivity contribution >= 4 is 29.1 Å². The van der Waals surface area contributed by atoms with Crippen LogP contribution in [0.3, 0.4) is 0 Å². The molecule has 1 heterocycles. The van der Waals surface area contributed by atoms with Crippen molar-refractivity contribution in [1.29, 1.82) is 0 Å². The van der Waals surface area contributed by atoms with Gasteiger partial charge in [-0.05, 0) is 27.2 Å². The van der Waals surface area contributed by atoms with Crippen LogP contribution in [0.2, 0.25) is 0 Å². The molecule has 1 rings (SSSR count). The minimum Gasteiger partial charge on any atom is -0.357 e. The topological polar surface area (TPSA) is 49.3 Å². The van der Waals surface area contributed by atoms with E-state index in [2.05, 4.69) is 41.4 Å². The first-order valence-electron chi connectivity index (χ1n) is 6.29. The molecule has 0 aliphatic heterocycles. The van der Waals surface area contributed by atoms with Gasteiger partial charge in [0, 0.05) is 36.5 Å². The van der Waals surface area contributed by atoms with Crippen LogP contribution in [0.5, 0.6) is 0 Å². The molecule has 4 nitrogen and oxygen atoms in total. The summed E-state index contributed by atoms with van der Waals surface area (Å²) in [5.41, 5.74) is 0. The van der Waals surface area contributed by atoms with E-state index in [1.807, 2.05) is 11.6 Å². The number of nitrogens with one attached hydrogen (secondary N) is 2. The molecular formula is C12H22N4S2. The van der Waals surface area contributed by atoms with Gasteiger partial charge in [0.15, 0.2) is 5.96 Å². The molecule has 0 bridgehead atoms. The van der Waals surface area contributed by atoms with E-state index in [1.54, 1.807) is 23.1 Å². The first kappa shape index (κ1) is 15.3. The first-order valence-corrected chi connectivity index (χ1v) is 8.16. The molecule has 0 unspecified atom stereocenters. The Balaban J connectivity index is 2.19. The van der Waals surface area contributed by atoms with Gasteiger partial charge >= 0.3 is 0 Å². The van der Waals surface area contributed by atoms with Crippen LogP contribution in [0.25, 0.3) is 0 Å². The second-order valence-corrected chi connectivity index (χ2v) is 6.30. The zero-order valence-corrected chi connectivity index (χ0v) is 12.9. The minimum atomic E-state index is 0.410. The summed E-state index contributed by atoms with van der Waals surface area (Å²) in [6.45, 7) is 8.05. The predicted molar refractivity (Wildman–Crippen MR) is 81.7 cm³/mol. The number of hydrogen-bond donors (Lipinski definition) is 2. The van der Waals surface area contributed by atoms with Gasteiger partial charge in [-0.25, -0.2) is 4.98 Å². The third-order valence-corrected chi connectivity index (χ3v) is 4.03. The summed E-state index contributed by atoms with van der Waals surface area (Å²) in [5.74, 6) is 1.98. The van der Waals surface area contributed by atoms with E-state index in [0.717, 1.165) is 35.6 Å². The minimum absolute atomic E-state index is 0.410. The second kappa shape index (κ2) is 9.22. The Kier molecular flexibility index (Phi) is 7.84. The van der Waals surface area contributed by atoms with Crippen LogP contribution in [-0.4, -0.2) is 35.8 Å². The van der Waals surface area contributed by atoms with Gasteiger partial charge in [0.25, 0.3) is 0 Å². The number of nitrogens with zero attached hydrogens (tertiary/aromatic N) is 2. The van der Waals surface area contributed by atoms with E-state index < -0.39 is 0 Å². The molecule has 6 heteroatoms. The number of thioether (sulfide) groups is 1. The summed E-state index contributed by atoms with van der Waals surface area (Å²) in [5, 5.41) is 8.56. The number of aromatic nitrogens is 1. The molecule has 0 saturated heterocycles. The molecule has 0 amide bonds. The van der Waals surface area contributed by atoms with Crippen LogP contribution in [0.1, 0.15) is 27.2 Å². The van der Waals surface area contributed by atoms with E-state index in [0.29, 0.717) is 6.04 Å². The van der Waals surface area contributed by atoms with Crippen molar-refractivity contribution in [3.63, 3.8) is 0 Å². The van der Waals surface area contributed by atoms with Gasteiger partial charge in [0.05, 0.1) is 0 Å². The molecule has 0 aromatic carbocycles. The van der Waals surface area contributed by atoms with Gasteiger partial charge in [-0.15, -0.1) is 11.3 Å². The molecule has 0 atom stereocenters. The Morgan fingerprint density at radius 3 is 3.00 bits per heavy atom. The molecule has 0 saturated carbocycles. The van der Waals surface area contributed by atoms with Gasteiger partial charge in [0.2, 0.25) is 0 Å². The summed E-state index contributed by atoms with van der Waals surface area (Å²) >= 11 is 3.50. The van der Waals surface area contributed by atoms with Crippen molar-refractivity contribution in [3.05, 3.63) is 11.6 Å². The van der Waals surface area contributed by atoms with Crippen molar-refractivity contribution in [2.24, 2.45) is 4.99 Å². The lowest BCUT2D eigenvalue weighted by Gasteiger charge is -2.13.